The van der Waals surface area contributed by atoms with Crippen molar-refractivity contribution in [3.05, 3.63) is 27.7 Å². The molecule has 1 N–H and O–H groups in total. The molecule has 106 valence electrons. The molecule has 20 heavy (non-hydrogen) atoms. The Morgan fingerprint density at radius 2 is 2.00 bits per heavy atom. The van der Waals surface area contributed by atoms with Crippen LogP contribution in [0.15, 0.2) is 22.7 Å². The van der Waals surface area contributed by atoms with Gasteiger partial charge in [0.05, 0.1) is 12.1 Å². The highest BCUT2D eigenvalue weighted by atomic mass is 79.9. The molecule has 0 saturated carbocycles. The second kappa shape index (κ2) is 6.71. The molecule has 2 rings (SSSR count). The number of hydrogen-bond acceptors (Lipinski definition) is 6. The van der Waals surface area contributed by atoms with E-state index < -0.39 is 0 Å². The predicted molar refractivity (Wildman–Crippen MR) is 79.8 cm³/mol. The van der Waals surface area contributed by atoms with Crippen LogP contribution in [-0.2, 0) is 0 Å². The van der Waals surface area contributed by atoms with Gasteiger partial charge >= 0.3 is 12.0 Å². The monoisotopic (exact) mass is 358 g/mol. The van der Waals surface area contributed by atoms with Crippen molar-refractivity contribution in [1.29, 1.82) is 0 Å². The number of methoxy groups -OCH3 is 1. The van der Waals surface area contributed by atoms with Crippen LogP contribution in [0.3, 0.4) is 0 Å². The second-order valence-corrected chi connectivity index (χ2v) is 4.96. The van der Waals surface area contributed by atoms with Crippen molar-refractivity contribution in [2.24, 2.45) is 0 Å². The molecule has 0 unspecified atom stereocenters. The largest absolute Gasteiger partial charge is 0.467 e. The van der Waals surface area contributed by atoms with Gasteiger partial charge in [0.15, 0.2) is 5.75 Å². The van der Waals surface area contributed by atoms with Gasteiger partial charge in [-0.3, -0.25) is 0 Å². The average Bonchev–Trinajstić information content (AvgIpc) is 2.43. The SMILES string of the molecule is CCNc1nc(OC)nc(Oc2cc(Br)ccc2Cl)n1. The highest BCUT2D eigenvalue weighted by molar-refractivity contribution is 9.10. The number of nitrogens with one attached hydrogen (secondary N) is 1. The van der Waals surface area contributed by atoms with Crippen LogP contribution in [0, 0.1) is 0 Å². The Labute approximate surface area is 129 Å². The Kier molecular flexibility index (Phi) is 4.97. The maximum Gasteiger partial charge on any atom is 0.330 e. The van der Waals surface area contributed by atoms with Crippen molar-refractivity contribution in [2.45, 2.75) is 6.92 Å². The van der Waals surface area contributed by atoms with Crippen molar-refractivity contribution >= 4 is 33.5 Å². The molecule has 0 atom stereocenters. The zero-order chi connectivity index (χ0) is 14.5. The summed E-state index contributed by atoms with van der Waals surface area (Å²) in [6.45, 7) is 2.60. The second-order valence-electron chi connectivity index (χ2n) is 3.64. The molecule has 8 heteroatoms. The maximum atomic E-state index is 6.06. The molecule has 1 aromatic heterocycles. The fourth-order valence-corrected chi connectivity index (χ4v) is 1.86. The summed E-state index contributed by atoms with van der Waals surface area (Å²) < 4.78 is 11.4. The lowest BCUT2D eigenvalue weighted by Crippen LogP contribution is -2.06. The molecule has 0 aliphatic heterocycles. The van der Waals surface area contributed by atoms with E-state index in [0.29, 0.717) is 23.3 Å². The number of ether oxygens (including phenoxy) is 2. The van der Waals surface area contributed by atoms with Gasteiger partial charge in [0, 0.05) is 11.0 Å². The van der Waals surface area contributed by atoms with Crippen LogP contribution in [0.1, 0.15) is 6.92 Å². The van der Waals surface area contributed by atoms with Crippen molar-refractivity contribution in [3.63, 3.8) is 0 Å². The van der Waals surface area contributed by atoms with Gasteiger partial charge in [0.25, 0.3) is 0 Å². The van der Waals surface area contributed by atoms with Crippen LogP contribution >= 0.6 is 27.5 Å². The Balaban J connectivity index is 2.32. The third-order valence-electron chi connectivity index (χ3n) is 2.21. The first kappa shape index (κ1) is 14.8. The van der Waals surface area contributed by atoms with E-state index in [-0.39, 0.29) is 12.0 Å². The Hall–Kier alpha value is -1.60. The molecule has 0 amide bonds. The molecule has 0 fully saturated rings. The van der Waals surface area contributed by atoms with Gasteiger partial charge in [0.1, 0.15) is 0 Å². The summed E-state index contributed by atoms with van der Waals surface area (Å²) in [5.74, 6) is 0.817. The van der Waals surface area contributed by atoms with Gasteiger partial charge in [-0.15, -0.1) is 4.98 Å². The van der Waals surface area contributed by atoms with E-state index in [0.717, 1.165) is 4.47 Å². The van der Waals surface area contributed by atoms with Crippen molar-refractivity contribution in [3.8, 4) is 17.8 Å². The van der Waals surface area contributed by atoms with Gasteiger partial charge in [-0.2, -0.15) is 9.97 Å². The van der Waals surface area contributed by atoms with Gasteiger partial charge < -0.3 is 14.8 Å². The first-order valence-corrected chi connectivity index (χ1v) is 6.96. The number of halogens is 2. The summed E-state index contributed by atoms with van der Waals surface area (Å²) in [6, 6.07) is 5.52. The van der Waals surface area contributed by atoms with E-state index in [2.05, 4.69) is 36.2 Å². The fraction of sp³-hybridized carbons (Fsp3) is 0.250. The Morgan fingerprint density at radius 1 is 1.25 bits per heavy atom. The summed E-state index contributed by atoms with van der Waals surface area (Å²) in [6.07, 6.45) is 0. The topological polar surface area (TPSA) is 69.2 Å². The number of nitrogens with zero attached hydrogens (tertiary/aromatic N) is 3. The van der Waals surface area contributed by atoms with E-state index in [4.69, 9.17) is 21.1 Å². The predicted octanol–water partition coefficient (Wildman–Crippen LogP) is 3.52. The van der Waals surface area contributed by atoms with E-state index in [1.807, 2.05) is 13.0 Å². The van der Waals surface area contributed by atoms with Crippen LogP contribution in [0.5, 0.6) is 17.8 Å². The molecule has 0 aliphatic rings. The van der Waals surface area contributed by atoms with Gasteiger partial charge in [-0.1, -0.05) is 27.5 Å². The minimum absolute atomic E-state index is 0.104. The van der Waals surface area contributed by atoms with E-state index in [1.54, 1.807) is 12.1 Å². The minimum Gasteiger partial charge on any atom is -0.467 e. The molecule has 0 radical (unpaired) electrons. The lowest BCUT2D eigenvalue weighted by atomic mass is 10.3. The standard InChI is InChI=1S/C12H12BrClN4O2/c1-3-15-10-16-11(19-2)18-12(17-10)20-9-6-7(13)4-5-8(9)14/h4-6H,3H2,1-2H3,(H,15,16,17,18). The minimum atomic E-state index is 0.104. The summed E-state index contributed by atoms with van der Waals surface area (Å²) >= 11 is 9.41. The Bertz CT molecular complexity index is 612. The van der Waals surface area contributed by atoms with Gasteiger partial charge in [-0.05, 0) is 25.1 Å². The lowest BCUT2D eigenvalue weighted by Gasteiger charge is -2.09. The molecule has 0 saturated heterocycles. The first-order chi connectivity index (χ1) is 9.62. The molecule has 0 aliphatic carbocycles. The number of rotatable bonds is 5. The molecule has 0 spiro atoms. The van der Waals surface area contributed by atoms with E-state index >= 15 is 0 Å². The van der Waals surface area contributed by atoms with Crippen LogP contribution in [0.4, 0.5) is 5.95 Å². The molecule has 2 aromatic rings. The molecule has 1 aromatic carbocycles. The van der Waals surface area contributed by atoms with Crippen LogP contribution in [0.2, 0.25) is 5.02 Å². The quantitative estimate of drug-likeness (QED) is 0.881. The third kappa shape index (κ3) is 3.71. The summed E-state index contributed by atoms with van der Waals surface area (Å²) in [5, 5.41) is 3.43. The van der Waals surface area contributed by atoms with Crippen molar-refractivity contribution < 1.29 is 9.47 Å². The summed E-state index contributed by atoms with van der Waals surface area (Å²) in [7, 11) is 1.47. The van der Waals surface area contributed by atoms with E-state index in [9.17, 15) is 0 Å². The first-order valence-electron chi connectivity index (χ1n) is 5.79. The van der Waals surface area contributed by atoms with Crippen molar-refractivity contribution in [1.82, 2.24) is 15.0 Å². The maximum absolute atomic E-state index is 6.06. The molecular weight excluding hydrogens is 348 g/mol. The number of benzene rings is 1. The smallest absolute Gasteiger partial charge is 0.330 e. The number of anilines is 1. The third-order valence-corrected chi connectivity index (χ3v) is 3.01. The van der Waals surface area contributed by atoms with Gasteiger partial charge in [0.2, 0.25) is 5.95 Å². The Morgan fingerprint density at radius 3 is 2.70 bits per heavy atom. The normalized spacial score (nSPS) is 10.2. The zero-order valence-corrected chi connectivity index (χ0v) is 13.2. The molecule has 6 nitrogen and oxygen atoms in total. The average molecular weight is 360 g/mol. The number of aromatic nitrogens is 3. The summed E-state index contributed by atoms with van der Waals surface area (Å²) in [5.41, 5.74) is 0. The zero-order valence-electron chi connectivity index (χ0n) is 10.9. The highest BCUT2D eigenvalue weighted by Gasteiger charge is 2.10. The lowest BCUT2D eigenvalue weighted by molar-refractivity contribution is 0.360. The van der Waals surface area contributed by atoms with Crippen molar-refractivity contribution in [2.75, 3.05) is 19.0 Å². The highest BCUT2D eigenvalue weighted by Crippen LogP contribution is 2.31. The summed E-state index contributed by atoms with van der Waals surface area (Å²) in [4.78, 5) is 12.2. The molecular formula is C12H12BrClN4O2. The van der Waals surface area contributed by atoms with Crippen LogP contribution < -0.4 is 14.8 Å². The fourth-order valence-electron chi connectivity index (χ4n) is 1.37. The molecule has 0 bridgehead atoms. The van der Waals surface area contributed by atoms with Gasteiger partial charge in [-0.25, -0.2) is 0 Å². The number of hydrogen-bond donors (Lipinski definition) is 1. The molecule has 1 heterocycles. The van der Waals surface area contributed by atoms with E-state index in [1.165, 1.54) is 7.11 Å². The van der Waals surface area contributed by atoms with Crippen LogP contribution in [-0.4, -0.2) is 28.6 Å². The van der Waals surface area contributed by atoms with Crippen LogP contribution in [0.25, 0.3) is 0 Å².